The number of carbonyl (C=O) groups is 1. The third-order valence-electron chi connectivity index (χ3n) is 2.93. The third-order valence-corrected chi connectivity index (χ3v) is 2.93. The van der Waals surface area contributed by atoms with Gasteiger partial charge in [0.25, 0.3) is 0 Å². The van der Waals surface area contributed by atoms with Gasteiger partial charge >= 0.3 is 5.97 Å². The molecule has 0 aliphatic carbocycles. The SMILES string of the molecule is Cc1ccc(C(=O)O)cc1OCC1CCOC1. The first-order valence-electron chi connectivity index (χ1n) is 5.71. The molecule has 1 N–H and O–H groups in total. The molecule has 1 saturated heterocycles. The van der Waals surface area contributed by atoms with Crippen LogP contribution in [0.5, 0.6) is 5.75 Å². The summed E-state index contributed by atoms with van der Waals surface area (Å²) < 4.78 is 10.9. The van der Waals surface area contributed by atoms with Gasteiger partial charge in [0.1, 0.15) is 5.75 Å². The molecule has 0 amide bonds. The molecule has 0 aromatic heterocycles. The van der Waals surface area contributed by atoms with Crippen LogP contribution in [0.25, 0.3) is 0 Å². The van der Waals surface area contributed by atoms with Crippen LogP contribution in [0.1, 0.15) is 22.3 Å². The zero-order chi connectivity index (χ0) is 12.3. The standard InChI is InChI=1S/C13H16O4/c1-9-2-3-11(13(14)15)6-12(9)17-8-10-4-5-16-7-10/h2-3,6,10H,4-5,7-8H2,1H3,(H,14,15). The van der Waals surface area contributed by atoms with Crippen LogP contribution in [-0.2, 0) is 4.74 Å². The third kappa shape index (κ3) is 2.97. The number of ether oxygens (including phenoxy) is 2. The Hall–Kier alpha value is -1.55. The van der Waals surface area contributed by atoms with E-state index in [1.54, 1.807) is 18.2 Å². The van der Waals surface area contributed by atoms with Crippen LogP contribution in [0.3, 0.4) is 0 Å². The molecule has 1 aromatic rings. The van der Waals surface area contributed by atoms with E-state index in [1.807, 2.05) is 6.92 Å². The minimum atomic E-state index is -0.931. The predicted octanol–water partition coefficient (Wildman–Crippen LogP) is 2.11. The van der Waals surface area contributed by atoms with Crippen LogP contribution >= 0.6 is 0 Å². The summed E-state index contributed by atoms with van der Waals surface area (Å²) in [6.45, 7) is 4.02. The quantitative estimate of drug-likeness (QED) is 0.869. The van der Waals surface area contributed by atoms with E-state index in [0.29, 0.717) is 18.3 Å². The summed E-state index contributed by atoms with van der Waals surface area (Å²) in [4.78, 5) is 10.8. The van der Waals surface area contributed by atoms with E-state index in [4.69, 9.17) is 14.6 Å². The Balaban J connectivity index is 2.03. The van der Waals surface area contributed by atoms with Gasteiger partial charge in [0.15, 0.2) is 0 Å². The van der Waals surface area contributed by atoms with Gasteiger partial charge in [0.2, 0.25) is 0 Å². The highest BCUT2D eigenvalue weighted by atomic mass is 16.5. The lowest BCUT2D eigenvalue weighted by atomic mass is 10.1. The van der Waals surface area contributed by atoms with E-state index in [-0.39, 0.29) is 5.56 Å². The number of benzene rings is 1. The first-order valence-corrected chi connectivity index (χ1v) is 5.71. The van der Waals surface area contributed by atoms with Crippen molar-refractivity contribution in [1.82, 2.24) is 0 Å². The van der Waals surface area contributed by atoms with Crippen molar-refractivity contribution in [1.29, 1.82) is 0 Å². The van der Waals surface area contributed by atoms with Gasteiger partial charge < -0.3 is 14.6 Å². The van der Waals surface area contributed by atoms with Crippen molar-refractivity contribution in [3.63, 3.8) is 0 Å². The summed E-state index contributed by atoms with van der Waals surface area (Å²) in [7, 11) is 0. The molecule has 0 radical (unpaired) electrons. The molecule has 0 spiro atoms. The van der Waals surface area contributed by atoms with E-state index in [2.05, 4.69) is 0 Å². The van der Waals surface area contributed by atoms with Crippen LogP contribution in [-0.4, -0.2) is 30.9 Å². The molecular weight excluding hydrogens is 220 g/mol. The largest absolute Gasteiger partial charge is 0.493 e. The van der Waals surface area contributed by atoms with Crippen LogP contribution in [0.15, 0.2) is 18.2 Å². The summed E-state index contributed by atoms with van der Waals surface area (Å²) in [6.07, 6.45) is 1.01. The van der Waals surface area contributed by atoms with Crippen molar-refractivity contribution in [2.75, 3.05) is 19.8 Å². The highest BCUT2D eigenvalue weighted by molar-refractivity contribution is 5.88. The Bertz CT molecular complexity index is 408. The van der Waals surface area contributed by atoms with Crippen molar-refractivity contribution in [2.24, 2.45) is 5.92 Å². The van der Waals surface area contributed by atoms with Gasteiger partial charge in [-0.1, -0.05) is 6.07 Å². The molecule has 1 heterocycles. The second kappa shape index (κ2) is 5.19. The molecule has 2 rings (SSSR count). The van der Waals surface area contributed by atoms with Crippen LogP contribution in [0, 0.1) is 12.8 Å². The van der Waals surface area contributed by atoms with E-state index in [1.165, 1.54) is 0 Å². The molecular formula is C13H16O4. The maximum Gasteiger partial charge on any atom is 0.335 e. The molecule has 92 valence electrons. The van der Waals surface area contributed by atoms with Crippen molar-refractivity contribution in [3.05, 3.63) is 29.3 Å². The van der Waals surface area contributed by atoms with E-state index in [0.717, 1.165) is 25.2 Å². The lowest BCUT2D eigenvalue weighted by Crippen LogP contribution is -2.12. The molecule has 0 bridgehead atoms. The molecule has 4 nitrogen and oxygen atoms in total. The summed E-state index contributed by atoms with van der Waals surface area (Å²) >= 11 is 0. The lowest BCUT2D eigenvalue weighted by molar-refractivity contribution is 0.0696. The van der Waals surface area contributed by atoms with Gasteiger partial charge in [0.05, 0.1) is 18.8 Å². The normalized spacial score (nSPS) is 19.2. The lowest BCUT2D eigenvalue weighted by Gasteiger charge is -2.12. The molecule has 1 aromatic carbocycles. The summed E-state index contributed by atoms with van der Waals surface area (Å²) in [5.74, 6) is 0.138. The number of rotatable bonds is 4. The van der Waals surface area contributed by atoms with Gasteiger partial charge in [0, 0.05) is 12.5 Å². The predicted molar refractivity (Wildman–Crippen MR) is 62.6 cm³/mol. The molecule has 0 saturated carbocycles. The van der Waals surface area contributed by atoms with Crippen LogP contribution < -0.4 is 4.74 Å². The average molecular weight is 236 g/mol. The number of hydrogen-bond donors (Lipinski definition) is 1. The van der Waals surface area contributed by atoms with Crippen LogP contribution in [0.2, 0.25) is 0 Å². The second-order valence-corrected chi connectivity index (χ2v) is 4.33. The van der Waals surface area contributed by atoms with Gasteiger partial charge in [-0.25, -0.2) is 4.79 Å². The summed E-state index contributed by atoms with van der Waals surface area (Å²) in [6, 6.07) is 4.93. The van der Waals surface area contributed by atoms with Crippen molar-refractivity contribution in [3.8, 4) is 5.75 Å². The maximum absolute atomic E-state index is 10.8. The Morgan fingerprint density at radius 1 is 1.59 bits per heavy atom. The van der Waals surface area contributed by atoms with E-state index in [9.17, 15) is 4.79 Å². The Labute approximate surface area is 100 Å². The average Bonchev–Trinajstić information content (AvgIpc) is 2.80. The van der Waals surface area contributed by atoms with E-state index >= 15 is 0 Å². The zero-order valence-electron chi connectivity index (χ0n) is 9.81. The molecule has 1 unspecified atom stereocenters. The molecule has 1 fully saturated rings. The minimum Gasteiger partial charge on any atom is -0.493 e. The molecule has 4 heteroatoms. The zero-order valence-corrected chi connectivity index (χ0v) is 9.81. The Morgan fingerprint density at radius 2 is 2.41 bits per heavy atom. The highest BCUT2D eigenvalue weighted by Crippen LogP contribution is 2.22. The maximum atomic E-state index is 10.8. The second-order valence-electron chi connectivity index (χ2n) is 4.33. The number of carboxylic acid groups (broad SMARTS) is 1. The van der Waals surface area contributed by atoms with Gasteiger partial charge in [-0.2, -0.15) is 0 Å². The number of aryl methyl sites for hydroxylation is 1. The van der Waals surface area contributed by atoms with Crippen LogP contribution in [0.4, 0.5) is 0 Å². The first kappa shape index (κ1) is 11.9. The van der Waals surface area contributed by atoms with Crippen molar-refractivity contribution in [2.45, 2.75) is 13.3 Å². The number of hydrogen-bond acceptors (Lipinski definition) is 3. The monoisotopic (exact) mass is 236 g/mol. The van der Waals surface area contributed by atoms with Gasteiger partial charge in [-0.15, -0.1) is 0 Å². The smallest absolute Gasteiger partial charge is 0.335 e. The highest BCUT2D eigenvalue weighted by Gasteiger charge is 2.17. The minimum absolute atomic E-state index is 0.258. The molecule has 1 aliphatic rings. The molecule has 1 aliphatic heterocycles. The fraction of sp³-hybridized carbons (Fsp3) is 0.462. The van der Waals surface area contributed by atoms with Gasteiger partial charge in [-0.3, -0.25) is 0 Å². The van der Waals surface area contributed by atoms with E-state index < -0.39 is 5.97 Å². The summed E-state index contributed by atoms with van der Waals surface area (Å²) in [5, 5.41) is 8.90. The topological polar surface area (TPSA) is 55.8 Å². The first-order chi connectivity index (χ1) is 8.16. The fourth-order valence-electron chi connectivity index (χ4n) is 1.81. The fourth-order valence-corrected chi connectivity index (χ4v) is 1.81. The van der Waals surface area contributed by atoms with Crippen molar-refractivity contribution >= 4 is 5.97 Å². The van der Waals surface area contributed by atoms with Crippen molar-refractivity contribution < 1.29 is 19.4 Å². The number of carboxylic acids is 1. The Morgan fingerprint density at radius 3 is 3.06 bits per heavy atom. The Kier molecular flexibility index (Phi) is 3.64. The molecule has 17 heavy (non-hydrogen) atoms. The summed E-state index contributed by atoms with van der Waals surface area (Å²) in [5.41, 5.74) is 1.21. The number of aromatic carboxylic acids is 1. The van der Waals surface area contributed by atoms with Gasteiger partial charge in [-0.05, 0) is 31.0 Å². The molecule has 1 atom stereocenters.